The summed E-state index contributed by atoms with van der Waals surface area (Å²) in [7, 11) is 0. The summed E-state index contributed by atoms with van der Waals surface area (Å²) < 4.78 is 0. The van der Waals surface area contributed by atoms with E-state index in [1.807, 2.05) is 0 Å². The lowest BCUT2D eigenvalue weighted by molar-refractivity contribution is 0.288. The smallest absolute Gasteiger partial charge is 0.0153 e. The van der Waals surface area contributed by atoms with Gasteiger partial charge in [0, 0.05) is 5.54 Å². The first-order chi connectivity index (χ1) is 8.68. The maximum atomic E-state index is 5.54. The Morgan fingerprint density at radius 3 is 2.11 bits per heavy atom. The van der Waals surface area contributed by atoms with Crippen LogP contribution < -0.4 is 11.1 Å². The van der Waals surface area contributed by atoms with Crippen molar-refractivity contribution in [2.45, 2.75) is 90.5 Å². The standard InChI is InChI=1S/C16H36N2/c1-4-6-8-9-13-16(3,12-7-5-2)18-15-11-10-14-17/h18H,4-15,17H2,1-3H3. The second-order valence-electron chi connectivity index (χ2n) is 5.90. The van der Waals surface area contributed by atoms with E-state index in [0.29, 0.717) is 5.54 Å². The van der Waals surface area contributed by atoms with Gasteiger partial charge in [0.05, 0.1) is 0 Å². The fourth-order valence-corrected chi connectivity index (χ4v) is 2.47. The normalized spacial score (nSPS) is 14.7. The molecule has 0 saturated carbocycles. The third-order valence-electron chi connectivity index (χ3n) is 3.85. The van der Waals surface area contributed by atoms with Crippen LogP contribution in [0, 0.1) is 0 Å². The SMILES string of the molecule is CCCCCCC(C)(CCCC)NCCCCN. The third kappa shape index (κ3) is 9.90. The molecule has 110 valence electrons. The van der Waals surface area contributed by atoms with Gasteiger partial charge in [-0.3, -0.25) is 0 Å². The predicted molar refractivity (Wildman–Crippen MR) is 83.0 cm³/mol. The van der Waals surface area contributed by atoms with Crippen LogP contribution in [0.1, 0.15) is 85.0 Å². The summed E-state index contributed by atoms with van der Waals surface area (Å²) in [6, 6.07) is 0. The van der Waals surface area contributed by atoms with Crippen molar-refractivity contribution in [3.63, 3.8) is 0 Å². The van der Waals surface area contributed by atoms with Crippen molar-refractivity contribution in [3.8, 4) is 0 Å². The van der Waals surface area contributed by atoms with E-state index in [0.717, 1.165) is 19.5 Å². The number of nitrogens with two attached hydrogens (primary N) is 1. The van der Waals surface area contributed by atoms with Crippen LogP contribution in [0.25, 0.3) is 0 Å². The number of hydrogen-bond acceptors (Lipinski definition) is 2. The number of rotatable bonds is 13. The molecule has 1 atom stereocenters. The Labute approximate surface area is 115 Å². The van der Waals surface area contributed by atoms with Crippen molar-refractivity contribution < 1.29 is 0 Å². The molecule has 0 aliphatic heterocycles. The second kappa shape index (κ2) is 12.0. The van der Waals surface area contributed by atoms with E-state index in [1.165, 1.54) is 57.8 Å². The topological polar surface area (TPSA) is 38.0 Å². The minimum absolute atomic E-state index is 0.359. The molecule has 2 nitrogen and oxygen atoms in total. The molecule has 0 aliphatic carbocycles. The molecule has 0 rings (SSSR count). The van der Waals surface area contributed by atoms with E-state index >= 15 is 0 Å². The van der Waals surface area contributed by atoms with Crippen LogP contribution in [0.3, 0.4) is 0 Å². The van der Waals surface area contributed by atoms with Crippen LogP contribution in [-0.2, 0) is 0 Å². The van der Waals surface area contributed by atoms with Gasteiger partial charge in [-0.2, -0.15) is 0 Å². The molecule has 0 heterocycles. The summed E-state index contributed by atoms with van der Waals surface area (Å²) in [5.41, 5.74) is 5.90. The maximum absolute atomic E-state index is 5.54. The zero-order valence-electron chi connectivity index (χ0n) is 13.1. The largest absolute Gasteiger partial charge is 0.330 e. The highest BCUT2D eigenvalue weighted by atomic mass is 15.0. The van der Waals surface area contributed by atoms with Gasteiger partial charge in [0.2, 0.25) is 0 Å². The fraction of sp³-hybridized carbons (Fsp3) is 1.00. The van der Waals surface area contributed by atoms with E-state index in [2.05, 4.69) is 26.1 Å². The van der Waals surface area contributed by atoms with Crippen LogP contribution in [0.4, 0.5) is 0 Å². The van der Waals surface area contributed by atoms with Gasteiger partial charge in [0.25, 0.3) is 0 Å². The van der Waals surface area contributed by atoms with Gasteiger partial charge in [-0.1, -0.05) is 52.4 Å². The molecular formula is C16H36N2. The average molecular weight is 256 g/mol. The summed E-state index contributed by atoms with van der Waals surface area (Å²) >= 11 is 0. The molecule has 0 aliphatic rings. The summed E-state index contributed by atoms with van der Waals surface area (Å²) in [5, 5.41) is 3.79. The molecule has 0 bridgehead atoms. The quantitative estimate of drug-likeness (QED) is 0.484. The monoisotopic (exact) mass is 256 g/mol. The van der Waals surface area contributed by atoms with Crippen LogP contribution >= 0.6 is 0 Å². The summed E-state index contributed by atoms with van der Waals surface area (Å²) in [5.74, 6) is 0. The Hall–Kier alpha value is -0.0800. The van der Waals surface area contributed by atoms with Crippen molar-refractivity contribution >= 4 is 0 Å². The first kappa shape index (κ1) is 17.9. The van der Waals surface area contributed by atoms with E-state index in [9.17, 15) is 0 Å². The molecular weight excluding hydrogens is 220 g/mol. The molecule has 0 aromatic carbocycles. The van der Waals surface area contributed by atoms with Crippen molar-refractivity contribution in [3.05, 3.63) is 0 Å². The number of nitrogens with one attached hydrogen (secondary N) is 1. The van der Waals surface area contributed by atoms with Gasteiger partial charge in [-0.25, -0.2) is 0 Å². The van der Waals surface area contributed by atoms with Crippen molar-refractivity contribution in [1.29, 1.82) is 0 Å². The van der Waals surface area contributed by atoms with Crippen LogP contribution in [0.2, 0.25) is 0 Å². The van der Waals surface area contributed by atoms with Crippen LogP contribution in [0.15, 0.2) is 0 Å². The molecule has 3 N–H and O–H groups in total. The van der Waals surface area contributed by atoms with E-state index in [4.69, 9.17) is 5.73 Å². The molecule has 0 spiro atoms. The second-order valence-corrected chi connectivity index (χ2v) is 5.90. The molecule has 1 unspecified atom stereocenters. The highest BCUT2D eigenvalue weighted by molar-refractivity contribution is 4.82. The van der Waals surface area contributed by atoms with Gasteiger partial charge in [0.1, 0.15) is 0 Å². The van der Waals surface area contributed by atoms with Crippen molar-refractivity contribution in [2.24, 2.45) is 5.73 Å². The lowest BCUT2D eigenvalue weighted by Gasteiger charge is -2.31. The van der Waals surface area contributed by atoms with Crippen LogP contribution in [0.5, 0.6) is 0 Å². The third-order valence-corrected chi connectivity index (χ3v) is 3.85. The van der Waals surface area contributed by atoms with Gasteiger partial charge >= 0.3 is 0 Å². The summed E-state index contributed by atoms with van der Waals surface area (Å²) in [6.07, 6.45) is 13.1. The summed E-state index contributed by atoms with van der Waals surface area (Å²) in [4.78, 5) is 0. The van der Waals surface area contributed by atoms with Gasteiger partial charge in [0.15, 0.2) is 0 Å². The highest BCUT2D eigenvalue weighted by Crippen LogP contribution is 2.22. The zero-order valence-corrected chi connectivity index (χ0v) is 13.1. The Bertz CT molecular complexity index is 156. The van der Waals surface area contributed by atoms with Gasteiger partial charge < -0.3 is 11.1 Å². The minimum atomic E-state index is 0.359. The predicted octanol–water partition coefficient (Wildman–Crippen LogP) is 4.23. The number of hydrogen-bond donors (Lipinski definition) is 2. The number of unbranched alkanes of at least 4 members (excludes halogenated alkanes) is 5. The molecule has 0 saturated heterocycles. The first-order valence-electron chi connectivity index (χ1n) is 8.13. The molecule has 2 heteroatoms. The van der Waals surface area contributed by atoms with Crippen molar-refractivity contribution in [1.82, 2.24) is 5.32 Å². The van der Waals surface area contributed by atoms with Crippen LogP contribution in [-0.4, -0.2) is 18.6 Å². The van der Waals surface area contributed by atoms with E-state index < -0.39 is 0 Å². The van der Waals surface area contributed by atoms with E-state index in [1.54, 1.807) is 0 Å². The molecule has 0 aromatic rings. The lowest BCUT2D eigenvalue weighted by atomic mass is 9.88. The summed E-state index contributed by atoms with van der Waals surface area (Å²) in [6.45, 7) is 8.93. The lowest BCUT2D eigenvalue weighted by Crippen LogP contribution is -2.42. The molecule has 0 amide bonds. The molecule has 0 aromatic heterocycles. The van der Waals surface area contributed by atoms with Gasteiger partial charge in [-0.15, -0.1) is 0 Å². The highest BCUT2D eigenvalue weighted by Gasteiger charge is 2.21. The molecule has 0 radical (unpaired) electrons. The Morgan fingerprint density at radius 1 is 0.833 bits per heavy atom. The van der Waals surface area contributed by atoms with E-state index in [-0.39, 0.29) is 0 Å². The zero-order chi connectivity index (χ0) is 13.7. The molecule has 0 fully saturated rings. The Balaban J connectivity index is 3.90. The minimum Gasteiger partial charge on any atom is -0.330 e. The fourth-order valence-electron chi connectivity index (χ4n) is 2.47. The Morgan fingerprint density at radius 2 is 1.50 bits per heavy atom. The maximum Gasteiger partial charge on any atom is 0.0153 e. The van der Waals surface area contributed by atoms with Crippen molar-refractivity contribution in [2.75, 3.05) is 13.1 Å². The average Bonchev–Trinajstić information content (AvgIpc) is 2.38. The van der Waals surface area contributed by atoms with Gasteiger partial charge in [-0.05, 0) is 45.7 Å². The Kier molecular flexibility index (Phi) is 11.9. The molecule has 18 heavy (non-hydrogen) atoms. The first-order valence-corrected chi connectivity index (χ1v) is 8.13.